The minimum absolute atomic E-state index is 0.143. The van der Waals surface area contributed by atoms with Gasteiger partial charge in [-0.1, -0.05) is 30.3 Å². The highest BCUT2D eigenvalue weighted by Gasteiger charge is 2.43. The molecule has 1 aromatic carbocycles. The number of rotatable bonds is 1. The molecule has 0 radical (unpaired) electrons. The molecule has 1 spiro atoms. The first-order chi connectivity index (χ1) is 7.38. The third-order valence-electron chi connectivity index (χ3n) is 3.39. The van der Waals surface area contributed by atoms with Crippen LogP contribution in [0.5, 0.6) is 0 Å². The van der Waals surface area contributed by atoms with E-state index in [-0.39, 0.29) is 11.9 Å². The van der Waals surface area contributed by atoms with Crippen LogP contribution in [-0.2, 0) is 9.47 Å². The average Bonchev–Trinajstić information content (AvgIpc) is 2.91. The molecule has 1 saturated carbocycles. The van der Waals surface area contributed by atoms with Gasteiger partial charge in [0.05, 0.1) is 6.61 Å². The maximum Gasteiger partial charge on any atom is 0.169 e. The second-order valence-electron chi connectivity index (χ2n) is 4.45. The lowest BCUT2D eigenvalue weighted by molar-refractivity contribution is -0.162. The van der Waals surface area contributed by atoms with Crippen molar-refractivity contribution in [1.29, 1.82) is 0 Å². The lowest BCUT2D eigenvalue weighted by Crippen LogP contribution is -2.25. The SMILES string of the molecule is c1ccc([C@H]2COC3(CCCC3)O2)cc1. The number of hydrogen-bond acceptors (Lipinski definition) is 2. The van der Waals surface area contributed by atoms with Crippen molar-refractivity contribution in [2.75, 3.05) is 6.61 Å². The summed E-state index contributed by atoms with van der Waals surface area (Å²) < 4.78 is 11.9. The summed E-state index contributed by atoms with van der Waals surface area (Å²) in [6.07, 6.45) is 4.75. The molecule has 2 aliphatic rings. The first-order valence-corrected chi connectivity index (χ1v) is 5.75. The number of ether oxygens (including phenoxy) is 2. The summed E-state index contributed by atoms with van der Waals surface area (Å²) in [7, 11) is 0. The van der Waals surface area contributed by atoms with Crippen LogP contribution in [0.3, 0.4) is 0 Å². The minimum Gasteiger partial charge on any atom is -0.347 e. The molecule has 2 nitrogen and oxygen atoms in total. The van der Waals surface area contributed by atoms with Gasteiger partial charge in [0.15, 0.2) is 5.79 Å². The molecule has 0 amide bonds. The van der Waals surface area contributed by atoms with E-state index in [0.29, 0.717) is 6.61 Å². The molecule has 1 heterocycles. The molecule has 2 heteroatoms. The molecule has 0 aromatic heterocycles. The van der Waals surface area contributed by atoms with Crippen LogP contribution in [-0.4, -0.2) is 12.4 Å². The summed E-state index contributed by atoms with van der Waals surface area (Å²) in [6, 6.07) is 10.4. The van der Waals surface area contributed by atoms with Gasteiger partial charge in [-0.15, -0.1) is 0 Å². The highest BCUT2D eigenvalue weighted by atomic mass is 16.7. The van der Waals surface area contributed by atoms with Crippen molar-refractivity contribution in [2.45, 2.75) is 37.6 Å². The minimum atomic E-state index is -0.236. The summed E-state index contributed by atoms with van der Waals surface area (Å²) in [5.41, 5.74) is 1.24. The molecule has 2 fully saturated rings. The zero-order chi connectivity index (χ0) is 10.1. The van der Waals surface area contributed by atoms with E-state index in [9.17, 15) is 0 Å². The Hall–Kier alpha value is -0.860. The van der Waals surface area contributed by atoms with Crippen LogP contribution in [0.4, 0.5) is 0 Å². The zero-order valence-corrected chi connectivity index (χ0v) is 8.82. The third-order valence-corrected chi connectivity index (χ3v) is 3.39. The molecule has 1 aromatic rings. The Labute approximate surface area is 90.2 Å². The maximum absolute atomic E-state index is 6.07. The molecule has 1 atom stereocenters. The van der Waals surface area contributed by atoms with Crippen molar-refractivity contribution in [3.63, 3.8) is 0 Å². The monoisotopic (exact) mass is 204 g/mol. The summed E-state index contributed by atoms with van der Waals surface area (Å²) >= 11 is 0. The van der Waals surface area contributed by atoms with E-state index in [1.165, 1.54) is 18.4 Å². The standard InChI is InChI=1S/C13H16O2/c1-2-6-11(7-3-1)12-10-14-13(15-12)8-4-5-9-13/h1-3,6-7,12H,4-5,8-10H2/t12-/m1/s1. The van der Waals surface area contributed by atoms with E-state index in [1.807, 2.05) is 6.07 Å². The van der Waals surface area contributed by atoms with Gasteiger partial charge >= 0.3 is 0 Å². The van der Waals surface area contributed by atoms with Crippen molar-refractivity contribution in [1.82, 2.24) is 0 Å². The molecular formula is C13H16O2. The molecule has 3 rings (SSSR count). The van der Waals surface area contributed by atoms with Crippen molar-refractivity contribution in [3.8, 4) is 0 Å². The molecule has 0 unspecified atom stereocenters. The van der Waals surface area contributed by atoms with Crippen molar-refractivity contribution in [3.05, 3.63) is 35.9 Å². The Morgan fingerprint density at radius 2 is 1.80 bits per heavy atom. The average molecular weight is 204 g/mol. The fourth-order valence-electron chi connectivity index (χ4n) is 2.56. The Kier molecular flexibility index (Phi) is 2.26. The number of hydrogen-bond donors (Lipinski definition) is 0. The summed E-state index contributed by atoms with van der Waals surface area (Å²) in [6.45, 7) is 0.712. The van der Waals surface area contributed by atoms with E-state index >= 15 is 0 Å². The summed E-state index contributed by atoms with van der Waals surface area (Å²) in [4.78, 5) is 0. The number of benzene rings is 1. The molecule has 0 N–H and O–H groups in total. The maximum atomic E-state index is 6.07. The quantitative estimate of drug-likeness (QED) is 0.700. The van der Waals surface area contributed by atoms with Gasteiger partial charge in [-0.3, -0.25) is 0 Å². The van der Waals surface area contributed by atoms with E-state index in [4.69, 9.17) is 9.47 Å². The van der Waals surface area contributed by atoms with E-state index in [2.05, 4.69) is 24.3 Å². The highest BCUT2D eigenvalue weighted by Crippen LogP contribution is 2.43. The zero-order valence-electron chi connectivity index (χ0n) is 8.82. The Morgan fingerprint density at radius 3 is 2.53 bits per heavy atom. The lowest BCUT2D eigenvalue weighted by atomic mass is 10.1. The van der Waals surface area contributed by atoms with Crippen LogP contribution in [0, 0.1) is 0 Å². The van der Waals surface area contributed by atoms with Crippen LogP contribution >= 0.6 is 0 Å². The first kappa shape index (κ1) is 9.37. The van der Waals surface area contributed by atoms with Crippen molar-refractivity contribution >= 4 is 0 Å². The van der Waals surface area contributed by atoms with Crippen molar-refractivity contribution < 1.29 is 9.47 Å². The van der Waals surface area contributed by atoms with E-state index in [1.54, 1.807) is 0 Å². The predicted molar refractivity (Wildman–Crippen MR) is 57.4 cm³/mol. The van der Waals surface area contributed by atoms with Gasteiger partial charge in [0, 0.05) is 12.8 Å². The van der Waals surface area contributed by atoms with E-state index < -0.39 is 0 Å². The van der Waals surface area contributed by atoms with Gasteiger partial charge in [-0.2, -0.15) is 0 Å². The van der Waals surface area contributed by atoms with Crippen molar-refractivity contribution in [2.24, 2.45) is 0 Å². The molecule has 15 heavy (non-hydrogen) atoms. The van der Waals surface area contributed by atoms with Crippen LogP contribution in [0.2, 0.25) is 0 Å². The van der Waals surface area contributed by atoms with Gasteiger partial charge in [0.2, 0.25) is 0 Å². The van der Waals surface area contributed by atoms with Crippen LogP contribution in [0.25, 0.3) is 0 Å². The summed E-state index contributed by atoms with van der Waals surface area (Å²) in [5, 5.41) is 0. The smallest absolute Gasteiger partial charge is 0.169 e. The van der Waals surface area contributed by atoms with Gasteiger partial charge < -0.3 is 9.47 Å². The Bertz CT molecular complexity index is 328. The fourth-order valence-corrected chi connectivity index (χ4v) is 2.56. The largest absolute Gasteiger partial charge is 0.347 e. The molecule has 1 aliphatic carbocycles. The molecule has 80 valence electrons. The predicted octanol–water partition coefficient (Wildman–Crippen LogP) is 3.04. The van der Waals surface area contributed by atoms with Gasteiger partial charge in [-0.05, 0) is 18.4 Å². The lowest BCUT2D eigenvalue weighted by Gasteiger charge is -2.21. The van der Waals surface area contributed by atoms with Gasteiger partial charge in [-0.25, -0.2) is 0 Å². The third kappa shape index (κ3) is 1.68. The normalized spacial score (nSPS) is 28.7. The van der Waals surface area contributed by atoms with Gasteiger partial charge in [0.25, 0.3) is 0 Å². The van der Waals surface area contributed by atoms with Gasteiger partial charge in [0.1, 0.15) is 6.10 Å². The second-order valence-corrected chi connectivity index (χ2v) is 4.45. The molecule has 0 bridgehead atoms. The Morgan fingerprint density at radius 1 is 1.07 bits per heavy atom. The topological polar surface area (TPSA) is 18.5 Å². The van der Waals surface area contributed by atoms with Crippen LogP contribution in [0.15, 0.2) is 30.3 Å². The fraction of sp³-hybridized carbons (Fsp3) is 0.538. The van der Waals surface area contributed by atoms with E-state index in [0.717, 1.165) is 12.8 Å². The Balaban J connectivity index is 1.76. The van der Waals surface area contributed by atoms with Crippen LogP contribution in [0.1, 0.15) is 37.4 Å². The molecular weight excluding hydrogens is 188 g/mol. The highest BCUT2D eigenvalue weighted by molar-refractivity contribution is 5.18. The van der Waals surface area contributed by atoms with Crippen LogP contribution < -0.4 is 0 Å². The summed E-state index contributed by atoms with van der Waals surface area (Å²) in [5.74, 6) is -0.236. The second kappa shape index (κ2) is 3.62. The first-order valence-electron chi connectivity index (χ1n) is 5.75. The molecule has 1 aliphatic heterocycles. The molecule has 1 saturated heterocycles.